The molecule has 0 aliphatic heterocycles. The van der Waals surface area contributed by atoms with Crippen molar-refractivity contribution in [2.75, 3.05) is 0 Å². The van der Waals surface area contributed by atoms with Crippen LogP contribution in [0.25, 0.3) is 100 Å². The molecule has 8 nitrogen and oxygen atoms in total. The highest BCUT2D eigenvalue weighted by Gasteiger charge is 2.23. The number of hydrogen-bond donors (Lipinski definition) is 0. The van der Waals surface area contributed by atoms with Gasteiger partial charge in [-0.1, -0.05) is 36.4 Å². The van der Waals surface area contributed by atoms with Crippen LogP contribution in [-0.4, -0.2) is 39.9 Å². The molecule has 8 heteroatoms. The Morgan fingerprint density at radius 2 is 0.492 bits per heavy atom. The zero-order valence-corrected chi connectivity index (χ0v) is 33.1. The highest BCUT2D eigenvalue weighted by atomic mass is 14.9. The second kappa shape index (κ2) is 16.5. The molecule has 10 rings (SSSR count). The summed E-state index contributed by atoms with van der Waals surface area (Å²) in [7, 11) is 0. The molecular formula is C53H36N8. The fraction of sp³-hybridized carbons (Fsp3) is 0.0189. The number of nitrogens with zero attached hydrogens (tertiary/aromatic N) is 8. The maximum absolute atomic E-state index is 5.35. The molecule has 0 radical (unpaired) electrons. The average molecular weight is 785 g/mol. The largest absolute Gasteiger partial charge is 0.264 e. The Labute approximate surface area is 353 Å². The highest BCUT2D eigenvalue weighted by Crippen LogP contribution is 2.44. The lowest BCUT2D eigenvalue weighted by Crippen LogP contribution is -2.02. The van der Waals surface area contributed by atoms with Crippen molar-refractivity contribution in [3.8, 4) is 100 Å². The van der Waals surface area contributed by atoms with Crippen LogP contribution >= 0.6 is 0 Å². The van der Waals surface area contributed by atoms with Crippen molar-refractivity contribution < 1.29 is 0 Å². The molecule has 0 aliphatic carbocycles. The molecule has 0 bridgehead atoms. The van der Waals surface area contributed by atoms with Crippen LogP contribution in [0.3, 0.4) is 0 Å². The second-order valence-electron chi connectivity index (χ2n) is 14.7. The molecule has 0 spiro atoms. The second-order valence-corrected chi connectivity index (χ2v) is 14.7. The SMILES string of the molecule is Cc1nc(-c2cc(-c3cccnc3)cc(-c3cccnc3)c2)c(-c2cc(-c3cccnc3)cc(-c3cccnc3)c2)c(-c2cc(-c3cccnc3)cc(-c3cccnc3)c2)n1. The van der Waals surface area contributed by atoms with E-state index >= 15 is 0 Å². The molecule has 7 heterocycles. The first-order valence-electron chi connectivity index (χ1n) is 19.9. The minimum absolute atomic E-state index is 0.633. The van der Waals surface area contributed by atoms with E-state index in [4.69, 9.17) is 9.97 Å². The monoisotopic (exact) mass is 784 g/mol. The maximum atomic E-state index is 5.35. The molecule has 288 valence electrons. The van der Waals surface area contributed by atoms with Crippen molar-refractivity contribution in [3.05, 3.63) is 208 Å². The van der Waals surface area contributed by atoms with Gasteiger partial charge < -0.3 is 0 Å². The number of pyridine rings is 6. The standard InChI is InChI=1S/C53H36N8/c1-35-60-52(49-25-44(38-10-4-16-56-31-38)21-45(26-49)39-11-5-17-57-32-39)51(48-23-42(36-8-2-14-54-29-36)20-43(24-48)37-9-3-15-55-30-37)53(61-35)50-27-46(40-12-6-18-58-33-40)22-47(28-50)41-13-7-19-59-34-41/h2-34H,1H3. The van der Waals surface area contributed by atoms with Crippen molar-refractivity contribution in [2.24, 2.45) is 0 Å². The molecule has 0 unspecified atom stereocenters. The highest BCUT2D eigenvalue weighted by molar-refractivity contribution is 5.97. The van der Waals surface area contributed by atoms with Gasteiger partial charge in [-0.3, -0.25) is 29.9 Å². The molecule has 61 heavy (non-hydrogen) atoms. The molecule has 0 saturated heterocycles. The van der Waals surface area contributed by atoms with Gasteiger partial charge in [0.15, 0.2) is 0 Å². The normalized spacial score (nSPS) is 11.0. The number of hydrogen-bond acceptors (Lipinski definition) is 8. The predicted octanol–water partition coefficient (Wildman–Crippen LogP) is 12.2. The first kappa shape index (κ1) is 36.9. The predicted molar refractivity (Wildman–Crippen MR) is 242 cm³/mol. The van der Waals surface area contributed by atoms with Gasteiger partial charge in [0.1, 0.15) is 5.82 Å². The Morgan fingerprint density at radius 3 is 0.721 bits per heavy atom. The van der Waals surface area contributed by atoms with Crippen LogP contribution in [0.2, 0.25) is 0 Å². The summed E-state index contributed by atoms with van der Waals surface area (Å²) in [5.41, 5.74) is 17.2. The van der Waals surface area contributed by atoms with Crippen LogP contribution in [0.1, 0.15) is 5.82 Å². The Hall–Kier alpha value is -8.36. The molecule has 0 amide bonds. The minimum atomic E-state index is 0.633. The average Bonchev–Trinajstić information content (AvgIpc) is 3.35. The third-order valence-corrected chi connectivity index (χ3v) is 10.6. The van der Waals surface area contributed by atoms with E-state index in [1.807, 2.05) is 80.5 Å². The van der Waals surface area contributed by atoms with Crippen LogP contribution in [0.4, 0.5) is 0 Å². The fourth-order valence-electron chi connectivity index (χ4n) is 7.77. The van der Waals surface area contributed by atoms with Gasteiger partial charge >= 0.3 is 0 Å². The van der Waals surface area contributed by atoms with E-state index in [9.17, 15) is 0 Å². The summed E-state index contributed by atoms with van der Waals surface area (Å²) < 4.78 is 0. The summed E-state index contributed by atoms with van der Waals surface area (Å²) >= 11 is 0. The molecule has 7 aromatic heterocycles. The zero-order chi connectivity index (χ0) is 41.0. The zero-order valence-electron chi connectivity index (χ0n) is 33.1. The van der Waals surface area contributed by atoms with Crippen molar-refractivity contribution >= 4 is 0 Å². The minimum Gasteiger partial charge on any atom is -0.264 e. The third-order valence-electron chi connectivity index (χ3n) is 10.6. The summed E-state index contributed by atoms with van der Waals surface area (Å²) in [4.78, 5) is 37.7. The lowest BCUT2D eigenvalue weighted by molar-refractivity contribution is 1.07. The van der Waals surface area contributed by atoms with Crippen molar-refractivity contribution in [1.29, 1.82) is 0 Å². The molecule has 10 aromatic rings. The Morgan fingerprint density at radius 1 is 0.262 bits per heavy atom. The first-order chi connectivity index (χ1) is 30.1. The molecule has 0 saturated carbocycles. The van der Waals surface area contributed by atoms with E-state index < -0.39 is 0 Å². The Balaban J connectivity index is 1.32. The van der Waals surface area contributed by atoms with Gasteiger partial charge in [-0.25, -0.2) is 9.97 Å². The number of benzene rings is 3. The van der Waals surface area contributed by atoms with Gasteiger partial charge in [0.05, 0.1) is 11.4 Å². The van der Waals surface area contributed by atoms with Crippen LogP contribution in [-0.2, 0) is 0 Å². The third kappa shape index (κ3) is 7.81. The lowest BCUT2D eigenvalue weighted by Gasteiger charge is -2.20. The van der Waals surface area contributed by atoms with Crippen LogP contribution in [0.15, 0.2) is 202 Å². The fourth-order valence-corrected chi connectivity index (χ4v) is 7.77. The van der Waals surface area contributed by atoms with Crippen LogP contribution in [0, 0.1) is 6.92 Å². The summed E-state index contributed by atoms with van der Waals surface area (Å²) in [5, 5.41) is 0. The summed E-state index contributed by atoms with van der Waals surface area (Å²) in [6.07, 6.45) is 22.1. The summed E-state index contributed by atoms with van der Waals surface area (Å²) in [5.74, 6) is 0.633. The summed E-state index contributed by atoms with van der Waals surface area (Å²) in [6.45, 7) is 1.96. The van der Waals surface area contributed by atoms with Crippen LogP contribution in [0.5, 0.6) is 0 Å². The number of rotatable bonds is 9. The smallest absolute Gasteiger partial charge is 0.126 e. The van der Waals surface area contributed by atoms with E-state index in [1.165, 1.54) is 0 Å². The Bertz CT molecular complexity index is 2790. The molecular weight excluding hydrogens is 749 g/mol. The summed E-state index contributed by atoms with van der Waals surface area (Å²) in [6, 6.07) is 44.1. The van der Waals surface area contributed by atoms with Gasteiger partial charge in [-0.05, 0) is 137 Å². The Kier molecular flexibility index (Phi) is 9.98. The lowest BCUT2D eigenvalue weighted by atomic mass is 9.87. The molecule has 0 aliphatic rings. The molecule has 0 fully saturated rings. The number of aryl methyl sites for hydroxylation is 1. The quantitative estimate of drug-likeness (QED) is 0.142. The van der Waals surface area contributed by atoms with Crippen LogP contribution < -0.4 is 0 Å². The maximum Gasteiger partial charge on any atom is 0.126 e. The number of aromatic nitrogens is 8. The topological polar surface area (TPSA) is 103 Å². The van der Waals surface area contributed by atoms with Gasteiger partial charge in [0.2, 0.25) is 0 Å². The van der Waals surface area contributed by atoms with E-state index in [1.54, 1.807) is 37.2 Å². The van der Waals surface area contributed by atoms with E-state index in [-0.39, 0.29) is 0 Å². The molecule has 0 N–H and O–H groups in total. The van der Waals surface area contributed by atoms with E-state index in [0.717, 1.165) is 100 Å². The van der Waals surface area contributed by atoms with Crippen molar-refractivity contribution in [1.82, 2.24) is 39.9 Å². The first-order valence-corrected chi connectivity index (χ1v) is 19.9. The van der Waals surface area contributed by atoms with Crippen molar-refractivity contribution in [2.45, 2.75) is 6.92 Å². The van der Waals surface area contributed by atoms with Gasteiger partial charge in [-0.2, -0.15) is 0 Å². The van der Waals surface area contributed by atoms with Gasteiger partial charge in [0.25, 0.3) is 0 Å². The molecule has 0 atom stereocenters. The van der Waals surface area contributed by atoms with Gasteiger partial charge in [-0.15, -0.1) is 0 Å². The van der Waals surface area contributed by atoms with Crippen molar-refractivity contribution in [3.63, 3.8) is 0 Å². The van der Waals surface area contributed by atoms with E-state index in [0.29, 0.717) is 5.82 Å². The molecule has 3 aromatic carbocycles. The van der Waals surface area contributed by atoms with E-state index in [2.05, 4.69) is 121 Å². The van der Waals surface area contributed by atoms with Gasteiger partial charge in [0, 0.05) is 124 Å².